The number of rotatable bonds is 5. The molecule has 0 amide bonds. The zero-order valence-corrected chi connectivity index (χ0v) is 15.0. The molecule has 0 saturated heterocycles. The van der Waals surface area contributed by atoms with Gasteiger partial charge in [-0.3, -0.25) is 0 Å². The maximum atomic E-state index is 11.1. The first kappa shape index (κ1) is 20.5. The highest BCUT2D eigenvalue weighted by molar-refractivity contribution is 5.86. The van der Waals surface area contributed by atoms with Crippen LogP contribution in [-0.2, 0) is 14.3 Å². The lowest BCUT2D eigenvalue weighted by molar-refractivity contribution is -0.140. The highest BCUT2D eigenvalue weighted by Crippen LogP contribution is 2.24. The van der Waals surface area contributed by atoms with Gasteiger partial charge in [-0.05, 0) is 44.4 Å². The predicted molar refractivity (Wildman–Crippen MR) is 95.7 cm³/mol. The van der Waals surface area contributed by atoms with Crippen molar-refractivity contribution in [2.45, 2.75) is 71.1 Å². The quantitative estimate of drug-likeness (QED) is 0.573. The van der Waals surface area contributed by atoms with Gasteiger partial charge in [0.25, 0.3) is 0 Å². The number of ether oxygens (including phenoxy) is 1. The van der Waals surface area contributed by atoms with E-state index in [1.54, 1.807) is 6.92 Å². The molecule has 136 valence electrons. The van der Waals surface area contributed by atoms with Crippen LogP contribution in [0.25, 0.3) is 0 Å². The second-order valence-corrected chi connectivity index (χ2v) is 6.98. The fourth-order valence-electron chi connectivity index (χ4n) is 3.22. The van der Waals surface area contributed by atoms with Gasteiger partial charge in [0.05, 0.1) is 6.61 Å². The van der Waals surface area contributed by atoms with Crippen LogP contribution in [0.3, 0.4) is 0 Å². The number of allylic oxidation sites excluding steroid dienone is 1. The van der Waals surface area contributed by atoms with Gasteiger partial charge in [0.1, 0.15) is 0 Å². The van der Waals surface area contributed by atoms with Crippen molar-refractivity contribution in [3.05, 3.63) is 24.3 Å². The molecule has 0 bridgehead atoms. The molecule has 2 aliphatic rings. The number of hydrogen-bond donors (Lipinski definition) is 1. The molecule has 0 aromatic carbocycles. The number of carboxylic acid groups (broad SMARTS) is 1. The highest BCUT2D eigenvalue weighted by Gasteiger charge is 2.15. The van der Waals surface area contributed by atoms with Crippen LogP contribution in [0.5, 0.6) is 0 Å². The molecule has 0 unspecified atom stereocenters. The average Bonchev–Trinajstić information content (AvgIpc) is 2.60. The molecule has 0 atom stereocenters. The molecular weight excluding hydrogens is 304 g/mol. The summed E-state index contributed by atoms with van der Waals surface area (Å²) in [5, 5.41) is 8.36. The zero-order valence-electron chi connectivity index (χ0n) is 15.0. The Labute approximate surface area is 146 Å². The minimum atomic E-state index is -0.824. The largest absolute Gasteiger partial charge is 0.478 e. The minimum absolute atomic E-state index is 0.245. The van der Waals surface area contributed by atoms with Gasteiger partial charge >= 0.3 is 11.9 Å². The van der Waals surface area contributed by atoms with Crippen molar-refractivity contribution < 1.29 is 19.4 Å². The van der Waals surface area contributed by atoms with Crippen molar-refractivity contribution in [1.82, 2.24) is 0 Å². The fourth-order valence-corrected chi connectivity index (χ4v) is 3.22. The van der Waals surface area contributed by atoms with E-state index < -0.39 is 5.97 Å². The summed E-state index contributed by atoms with van der Waals surface area (Å²) in [6.45, 7) is 5.82. The summed E-state index contributed by atoms with van der Waals surface area (Å²) in [4.78, 5) is 21.2. The van der Waals surface area contributed by atoms with Gasteiger partial charge in [0, 0.05) is 11.6 Å². The van der Waals surface area contributed by atoms with Crippen LogP contribution in [0, 0.1) is 11.8 Å². The summed E-state index contributed by atoms with van der Waals surface area (Å²) < 4.78 is 5.10. The average molecular weight is 336 g/mol. The first-order valence-electron chi connectivity index (χ1n) is 9.22. The molecule has 2 saturated carbocycles. The normalized spacial score (nSPS) is 19.4. The van der Waals surface area contributed by atoms with E-state index in [4.69, 9.17) is 9.84 Å². The van der Waals surface area contributed by atoms with Crippen LogP contribution in [0.2, 0.25) is 0 Å². The number of carbonyl (C=O) groups excluding carboxylic acids is 1. The van der Waals surface area contributed by atoms with E-state index in [0.717, 1.165) is 0 Å². The van der Waals surface area contributed by atoms with Crippen LogP contribution >= 0.6 is 0 Å². The monoisotopic (exact) mass is 336 g/mol. The number of esters is 1. The molecule has 2 rings (SSSR count). The van der Waals surface area contributed by atoms with Crippen LogP contribution in [0.15, 0.2) is 24.3 Å². The molecule has 4 heteroatoms. The van der Waals surface area contributed by atoms with Crippen LogP contribution in [0.1, 0.15) is 71.1 Å². The summed E-state index contributed by atoms with van der Waals surface area (Å²) in [5.41, 5.74) is 0.496. The molecular formula is C20H32O4. The van der Waals surface area contributed by atoms with E-state index in [9.17, 15) is 9.59 Å². The summed E-state index contributed by atoms with van der Waals surface area (Å²) >= 11 is 0. The van der Waals surface area contributed by atoms with Crippen LogP contribution in [0.4, 0.5) is 0 Å². The van der Waals surface area contributed by atoms with Crippen molar-refractivity contribution in [1.29, 1.82) is 0 Å². The van der Waals surface area contributed by atoms with Gasteiger partial charge in [-0.15, -0.1) is 0 Å². The molecule has 1 N–H and O–H groups in total. The lowest BCUT2D eigenvalue weighted by Crippen LogP contribution is -2.16. The van der Waals surface area contributed by atoms with E-state index in [2.05, 4.69) is 6.58 Å². The van der Waals surface area contributed by atoms with Gasteiger partial charge < -0.3 is 9.84 Å². The third-order valence-electron chi connectivity index (χ3n) is 4.68. The molecule has 24 heavy (non-hydrogen) atoms. The van der Waals surface area contributed by atoms with Gasteiger partial charge in [-0.2, -0.15) is 0 Å². The molecule has 0 radical (unpaired) electrons. The maximum absolute atomic E-state index is 11.1. The Bertz CT molecular complexity index is 427. The SMILES string of the molecule is C=C(C)C(=O)OCC1CCCCC1.O=C(O)C=CC1CCCCC1. The Morgan fingerprint density at radius 3 is 2.08 bits per heavy atom. The second kappa shape index (κ2) is 11.9. The Morgan fingerprint density at radius 2 is 1.58 bits per heavy atom. The van der Waals surface area contributed by atoms with Gasteiger partial charge in [0.15, 0.2) is 0 Å². The molecule has 0 spiro atoms. The minimum Gasteiger partial charge on any atom is -0.478 e. The first-order valence-corrected chi connectivity index (χ1v) is 9.22. The predicted octanol–water partition coefficient (Wildman–Crippen LogP) is 4.89. The second-order valence-electron chi connectivity index (χ2n) is 6.98. The lowest BCUT2D eigenvalue weighted by Gasteiger charge is -2.20. The number of aliphatic carboxylic acids is 1. The summed E-state index contributed by atoms with van der Waals surface area (Å²) in [5.74, 6) is 0.0537. The molecule has 0 aliphatic heterocycles. The van der Waals surface area contributed by atoms with Crippen LogP contribution in [-0.4, -0.2) is 23.7 Å². The highest BCUT2D eigenvalue weighted by atomic mass is 16.5. The smallest absolute Gasteiger partial charge is 0.333 e. The van der Waals surface area contributed by atoms with Gasteiger partial charge in [-0.1, -0.05) is 51.2 Å². The standard InChI is InChI=1S/C11H18O2.C9H14O2/c1-9(2)11(12)13-8-10-6-4-3-5-7-10;10-9(11)7-6-8-4-2-1-3-5-8/h10H,1,3-8H2,2H3;6-8H,1-5H2,(H,10,11). The summed E-state index contributed by atoms with van der Waals surface area (Å²) in [6, 6.07) is 0. The molecule has 2 aliphatic carbocycles. The molecule has 0 aromatic rings. The topological polar surface area (TPSA) is 63.6 Å². The third kappa shape index (κ3) is 9.53. The van der Waals surface area contributed by atoms with Crippen molar-refractivity contribution in [2.75, 3.05) is 6.61 Å². The van der Waals surface area contributed by atoms with E-state index in [1.807, 2.05) is 6.08 Å². The van der Waals surface area contributed by atoms with Gasteiger partial charge in [-0.25, -0.2) is 9.59 Å². The Balaban J connectivity index is 0.000000243. The van der Waals surface area contributed by atoms with Crippen molar-refractivity contribution >= 4 is 11.9 Å². The Hall–Kier alpha value is -1.58. The van der Waals surface area contributed by atoms with Gasteiger partial charge in [0.2, 0.25) is 0 Å². The van der Waals surface area contributed by atoms with Crippen LogP contribution < -0.4 is 0 Å². The molecule has 2 fully saturated rings. The number of carboxylic acids is 1. The first-order chi connectivity index (χ1) is 11.5. The summed E-state index contributed by atoms with van der Waals surface area (Å²) in [7, 11) is 0. The Morgan fingerprint density at radius 1 is 1.04 bits per heavy atom. The van der Waals surface area contributed by atoms with Crippen molar-refractivity contribution in [3.8, 4) is 0 Å². The molecule has 4 nitrogen and oxygen atoms in total. The Kier molecular flexibility index (Phi) is 10.1. The number of carbonyl (C=O) groups is 2. The third-order valence-corrected chi connectivity index (χ3v) is 4.68. The molecule has 0 heterocycles. The van der Waals surface area contributed by atoms with Crippen molar-refractivity contribution in [3.63, 3.8) is 0 Å². The maximum Gasteiger partial charge on any atom is 0.333 e. The van der Waals surface area contributed by atoms with E-state index >= 15 is 0 Å². The number of hydrogen-bond acceptors (Lipinski definition) is 3. The zero-order chi connectivity index (χ0) is 17.8. The molecule has 0 aromatic heterocycles. The van der Waals surface area contributed by atoms with Crippen molar-refractivity contribution in [2.24, 2.45) is 11.8 Å². The lowest BCUT2D eigenvalue weighted by atomic mass is 9.89. The fraction of sp³-hybridized carbons (Fsp3) is 0.700. The van der Waals surface area contributed by atoms with E-state index in [-0.39, 0.29) is 5.97 Å². The summed E-state index contributed by atoms with van der Waals surface area (Å²) in [6.07, 6.45) is 15.6. The van der Waals surface area contributed by atoms with E-state index in [1.165, 1.54) is 70.3 Å². The van der Waals surface area contributed by atoms with E-state index in [0.29, 0.717) is 24.0 Å².